The van der Waals surface area contributed by atoms with Crippen molar-refractivity contribution < 1.29 is 13.6 Å². The van der Waals surface area contributed by atoms with Crippen molar-refractivity contribution in [3.8, 4) is 0 Å². The largest absolute Gasteiger partial charge is 0.337 e. The Morgan fingerprint density at radius 2 is 1.70 bits per heavy atom. The van der Waals surface area contributed by atoms with E-state index in [0.717, 1.165) is 51.9 Å². The Bertz CT molecular complexity index is 1030. The van der Waals surface area contributed by atoms with Crippen LogP contribution >= 0.6 is 0 Å². The summed E-state index contributed by atoms with van der Waals surface area (Å²) in [6.45, 7) is 4.11. The molecule has 4 rings (SSSR count). The van der Waals surface area contributed by atoms with Crippen molar-refractivity contribution in [3.63, 3.8) is 0 Å². The molecular formula is C29H41F2N5O. The number of carbonyl (C=O) groups is 1. The molecule has 0 saturated heterocycles. The average molecular weight is 514 g/mol. The molecule has 6 nitrogen and oxygen atoms in total. The predicted octanol–water partition coefficient (Wildman–Crippen LogP) is 6.33. The number of rotatable bonds is 9. The van der Waals surface area contributed by atoms with Gasteiger partial charge in [-0.15, -0.1) is 0 Å². The predicted molar refractivity (Wildman–Crippen MR) is 143 cm³/mol. The van der Waals surface area contributed by atoms with Crippen LogP contribution in [-0.4, -0.2) is 48.1 Å². The van der Waals surface area contributed by atoms with Crippen molar-refractivity contribution >= 4 is 11.7 Å². The second-order valence-electron chi connectivity index (χ2n) is 11.4. The molecule has 37 heavy (non-hydrogen) atoms. The molecule has 1 aromatic heterocycles. The van der Waals surface area contributed by atoms with Gasteiger partial charge < -0.3 is 5.32 Å². The van der Waals surface area contributed by atoms with Gasteiger partial charge in [-0.25, -0.2) is 14.8 Å². The van der Waals surface area contributed by atoms with Gasteiger partial charge in [0.15, 0.2) is 5.82 Å². The molecule has 0 bridgehead atoms. The van der Waals surface area contributed by atoms with Crippen LogP contribution in [0.5, 0.6) is 0 Å². The van der Waals surface area contributed by atoms with E-state index in [1.165, 1.54) is 24.4 Å². The van der Waals surface area contributed by atoms with E-state index in [0.29, 0.717) is 24.7 Å². The Morgan fingerprint density at radius 3 is 2.19 bits per heavy atom. The first-order chi connectivity index (χ1) is 17.6. The Hall–Kier alpha value is -2.61. The lowest BCUT2D eigenvalue weighted by molar-refractivity contribution is 0.00768. The quantitative estimate of drug-likeness (QED) is 0.426. The number of nitrogens with one attached hydrogen (secondary N) is 1. The summed E-state index contributed by atoms with van der Waals surface area (Å²) in [6.07, 6.45) is 11.0. The zero-order valence-electron chi connectivity index (χ0n) is 22.6. The molecule has 2 amide bonds. The number of hydrogen-bond donors (Lipinski definition) is 1. The van der Waals surface area contributed by atoms with Gasteiger partial charge in [-0.1, -0.05) is 43.7 Å². The fraction of sp³-hybridized carbons (Fsp3) is 0.621. The SMILES string of the molecule is CCC1(CN(C(=O)NCC2CCC2)c2cnc(C(C)(F)F)nc2)CCC(c2ccccc2)(N(C)C)CC1. The molecule has 0 radical (unpaired) electrons. The minimum absolute atomic E-state index is 0.0469. The number of amides is 2. The number of nitrogens with zero attached hydrogens (tertiary/aromatic N) is 4. The highest BCUT2D eigenvalue weighted by molar-refractivity contribution is 5.91. The molecule has 202 valence electrons. The molecule has 1 aromatic carbocycles. The summed E-state index contributed by atoms with van der Waals surface area (Å²) < 4.78 is 27.5. The first-order valence-corrected chi connectivity index (χ1v) is 13.6. The molecule has 2 aliphatic rings. The Labute approximate surface area is 219 Å². The van der Waals surface area contributed by atoms with Crippen molar-refractivity contribution in [2.75, 3.05) is 32.1 Å². The zero-order chi connectivity index (χ0) is 26.7. The number of anilines is 1. The van der Waals surface area contributed by atoms with Gasteiger partial charge in [0.25, 0.3) is 0 Å². The molecule has 0 aliphatic heterocycles. The maximum atomic E-state index is 13.7. The zero-order valence-corrected chi connectivity index (χ0v) is 22.6. The lowest BCUT2D eigenvalue weighted by Gasteiger charge is -2.51. The van der Waals surface area contributed by atoms with Crippen LogP contribution in [0.3, 0.4) is 0 Å². The van der Waals surface area contributed by atoms with Crippen LogP contribution in [0.15, 0.2) is 42.7 Å². The summed E-state index contributed by atoms with van der Waals surface area (Å²) in [4.78, 5) is 25.3. The number of carbonyl (C=O) groups excluding carboxylic acids is 1. The van der Waals surface area contributed by atoms with Gasteiger partial charge in [0.2, 0.25) is 0 Å². The summed E-state index contributed by atoms with van der Waals surface area (Å²) in [5.74, 6) is -3.14. The molecule has 1 N–H and O–H groups in total. The van der Waals surface area contributed by atoms with Crippen LogP contribution in [-0.2, 0) is 11.5 Å². The molecule has 8 heteroatoms. The van der Waals surface area contributed by atoms with Gasteiger partial charge >= 0.3 is 12.0 Å². The van der Waals surface area contributed by atoms with Gasteiger partial charge in [-0.3, -0.25) is 9.80 Å². The van der Waals surface area contributed by atoms with Gasteiger partial charge in [-0.2, -0.15) is 8.78 Å². The van der Waals surface area contributed by atoms with E-state index in [9.17, 15) is 13.6 Å². The Morgan fingerprint density at radius 1 is 1.08 bits per heavy atom. The lowest BCUT2D eigenvalue weighted by atomic mass is 9.63. The first kappa shape index (κ1) is 27.4. The van der Waals surface area contributed by atoms with Crippen molar-refractivity contribution in [2.24, 2.45) is 11.3 Å². The van der Waals surface area contributed by atoms with Crippen LogP contribution in [0.2, 0.25) is 0 Å². The van der Waals surface area contributed by atoms with Crippen LogP contribution in [0.1, 0.15) is 76.6 Å². The lowest BCUT2D eigenvalue weighted by Crippen LogP contribution is -2.52. The molecule has 2 saturated carbocycles. The van der Waals surface area contributed by atoms with E-state index in [2.05, 4.69) is 65.5 Å². The number of alkyl halides is 2. The fourth-order valence-electron chi connectivity index (χ4n) is 5.89. The summed E-state index contributed by atoms with van der Waals surface area (Å²) in [5, 5.41) is 3.09. The fourth-order valence-corrected chi connectivity index (χ4v) is 5.89. The number of halogens is 2. The molecule has 0 spiro atoms. The second-order valence-corrected chi connectivity index (χ2v) is 11.4. The van der Waals surface area contributed by atoms with Crippen LogP contribution in [0.25, 0.3) is 0 Å². The first-order valence-electron chi connectivity index (χ1n) is 13.6. The topological polar surface area (TPSA) is 61.4 Å². The smallest absolute Gasteiger partial charge is 0.322 e. The third kappa shape index (κ3) is 5.95. The van der Waals surface area contributed by atoms with Crippen LogP contribution in [0, 0.1) is 11.3 Å². The van der Waals surface area contributed by atoms with Crippen molar-refractivity contribution in [1.29, 1.82) is 0 Å². The van der Waals surface area contributed by atoms with Gasteiger partial charge in [0, 0.05) is 25.6 Å². The van der Waals surface area contributed by atoms with E-state index >= 15 is 0 Å². The Balaban J connectivity index is 1.57. The van der Waals surface area contributed by atoms with Gasteiger partial charge in [0.1, 0.15) is 0 Å². The minimum Gasteiger partial charge on any atom is -0.337 e. The van der Waals surface area contributed by atoms with Crippen LogP contribution < -0.4 is 10.2 Å². The normalized spacial score (nSPS) is 24.5. The summed E-state index contributed by atoms with van der Waals surface area (Å²) in [7, 11) is 4.29. The Kier molecular flexibility index (Phi) is 8.17. The molecule has 2 aliphatic carbocycles. The molecular weight excluding hydrogens is 472 g/mol. The molecule has 0 unspecified atom stereocenters. The molecule has 2 fully saturated rings. The third-order valence-electron chi connectivity index (χ3n) is 8.90. The van der Waals surface area contributed by atoms with E-state index < -0.39 is 11.7 Å². The maximum absolute atomic E-state index is 13.7. The molecule has 1 heterocycles. The maximum Gasteiger partial charge on any atom is 0.322 e. The van der Waals surface area contributed by atoms with Gasteiger partial charge in [-0.05, 0) is 75.9 Å². The van der Waals surface area contributed by atoms with E-state index in [1.807, 2.05) is 6.07 Å². The number of hydrogen-bond acceptors (Lipinski definition) is 4. The summed E-state index contributed by atoms with van der Waals surface area (Å²) in [5.41, 5.74) is 1.65. The van der Waals surface area contributed by atoms with Crippen molar-refractivity contribution in [2.45, 2.75) is 76.7 Å². The molecule has 0 atom stereocenters. The average Bonchev–Trinajstić information content (AvgIpc) is 2.86. The highest BCUT2D eigenvalue weighted by Crippen LogP contribution is 2.50. The number of aromatic nitrogens is 2. The highest BCUT2D eigenvalue weighted by atomic mass is 19.3. The van der Waals surface area contributed by atoms with E-state index in [1.54, 1.807) is 4.90 Å². The van der Waals surface area contributed by atoms with Gasteiger partial charge in [0.05, 0.1) is 18.1 Å². The minimum atomic E-state index is -3.13. The highest BCUT2D eigenvalue weighted by Gasteiger charge is 2.45. The van der Waals surface area contributed by atoms with Crippen molar-refractivity contribution in [1.82, 2.24) is 20.2 Å². The standard InChI is InChI=1S/C29H41F2N5O/c1-5-28(14-16-29(17-15-28,35(3)4)23-12-7-6-8-13-23)21-36(26(37)34-18-22-10-9-11-22)24-19-32-25(33-20-24)27(2,30)31/h6-8,12-13,19-20,22H,5,9-11,14-18,21H2,1-4H3,(H,34,37). The van der Waals surface area contributed by atoms with Crippen molar-refractivity contribution in [3.05, 3.63) is 54.1 Å². The molecule has 2 aromatic rings. The summed E-state index contributed by atoms with van der Waals surface area (Å²) >= 11 is 0. The monoisotopic (exact) mass is 513 g/mol. The van der Waals surface area contributed by atoms with E-state index in [-0.39, 0.29) is 17.0 Å². The number of urea groups is 1. The number of benzene rings is 1. The summed E-state index contributed by atoms with van der Waals surface area (Å²) in [6, 6.07) is 10.5. The second kappa shape index (κ2) is 11.0. The van der Waals surface area contributed by atoms with E-state index in [4.69, 9.17) is 0 Å². The van der Waals surface area contributed by atoms with Crippen LogP contribution in [0.4, 0.5) is 19.3 Å². The third-order valence-corrected chi connectivity index (χ3v) is 8.90.